The summed E-state index contributed by atoms with van der Waals surface area (Å²) in [5.74, 6) is -0.437. The van der Waals surface area contributed by atoms with Crippen LogP contribution in [-0.2, 0) is 9.59 Å². The summed E-state index contributed by atoms with van der Waals surface area (Å²) >= 11 is 0. The van der Waals surface area contributed by atoms with Crippen molar-refractivity contribution >= 4 is 23.5 Å². The Morgan fingerprint density at radius 1 is 1.09 bits per heavy atom. The number of carbonyl (C=O) groups excluding carboxylic acids is 2. The van der Waals surface area contributed by atoms with Crippen molar-refractivity contribution in [2.75, 3.05) is 18.4 Å². The molecule has 0 spiro atoms. The molecule has 0 unspecified atom stereocenters. The number of hydrogen-bond donors (Lipinski definition) is 2. The maximum absolute atomic E-state index is 12.5. The lowest BCUT2D eigenvalue weighted by Gasteiger charge is -2.35. The summed E-state index contributed by atoms with van der Waals surface area (Å²) in [4.78, 5) is 27.6. The van der Waals surface area contributed by atoms with E-state index in [1.807, 2.05) is 12.1 Å². The van der Waals surface area contributed by atoms with E-state index in [2.05, 4.69) is 5.32 Å². The molecule has 0 aliphatic carbocycles. The van der Waals surface area contributed by atoms with Gasteiger partial charge in [-0.1, -0.05) is 12.1 Å². The molecule has 2 aliphatic rings. The predicted molar refractivity (Wildman–Crippen MR) is 80.2 cm³/mol. The van der Waals surface area contributed by atoms with Gasteiger partial charge in [0.05, 0.1) is 5.69 Å². The Balaban J connectivity index is 2.06. The summed E-state index contributed by atoms with van der Waals surface area (Å²) in [6.45, 7) is 4.14. The third-order valence-electron chi connectivity index (χ3n) is 3.64. The van der Waals surface area contributed by atoms with Gasteiger partial charge < -0.3 is 10.1 Å². The van der Waals surface area contributed by atoms with Crippen LogP contribution in [0.15, 0.2) is 35.7 Å². The number of benzene rings is 1. The van der Waals surface area contributed by atoms with Crippen molar-refractivity contribution in [3.8, 4) is 5.75 Å². The van der Waals surface area contributed by atoms with Crippen molar-refractivity contribution in [3.05, 3.63) is 35.7 Å². The first kappa shape index (κ1) is 14.1. The maximum atomic E-state index is 12.5. The fraction of sp³-hybridized carbons (Fsp3) is 0.267. The normalized spacial score (nSPS) is 17.6. The Morgan fingerprint density at radius 2 is 1.68 bits per heavy atom. The van der Waals surface area contributed by atoms with Gasteiger partial charge >= 0.3 is 0 Å². The number of hydrogen-bond acceptors (Lipinski definition) is 5. The molecular weight excluding hydrogens is 284 g/mol. The lowest BCUT2D eigenvalue weighted by Crippen LogP contribution is -2.57. The summed E-state index contributed by atoms with van der Waals surface area (Å²) < 4.78 is 5.61. The third-order valence-corrected chi connectivity index (χ3v) is 3.64. The number of amides is 2. The van der Waals surface area contributed by atoms with Gasteiger partial charge in [-0.2, -0.15) is 0 Å². The second-order valence-electron chi connectivity index (χ2n) is 4.85. The molecule has 114 valence electrons. The Kier molecular flexibility index (Phi) is 3.32. The molecule has 1 saturated heterocycles. The van der Waals surface area contributed by atoms with Gasteiger partial charge in [-0.25, -0.2) is 0 Å². The second kappa shape index (κ2) is 5.18. The molecule has 0 radical (unpaired) electrons. The van der Waals surface area contributed by atoms with E-state index in [0.717, 1.165) is 0 Å². The number of rotatable bonds is 2. The molecule has 1 aromatic carbocycles. The average Bonchev–Trinajstić information content (AvgIpc) is 2.91. The van der Waals surface area contributed by atoms with Crippen molar-refractivity contribution in [3.63, 3.8) is 0 Å². The van der Waals surface area contributed by atoms with Gasteiger partial charge in [0, 0.05) is 13.1 Å². The number of ether oxygens (including phenoxy) is 1. The van der Waals surface area contributed by atoms with Gasteiger partial charge in [0.15, 0.2) is 11.3 Å². The van der Waals surface area contributed by atoms with Gasteiger partial charge in [0.2, 0.25) is 11.8 Å². The number of anilines is 1. The van der Waals surface area contributed by atoms with Crippen molar-refractivity contribution in [1.29, 1.82) is 5.41 Å². The van der Waals surface area contributed by atoms with Gasteiger partial charge in [-0.3, -0.25) is 24.8 Å². The van der Waals surface area contributed by atoms with Crippen LogP contribution >= 0.6 is 0 Å². The minimum atomic E-state index is -0.516. The highest BCUT2D eigenvalue weighted by atomic mass is 16.5. The minimum absolute atomic E-state index is 0.0732. The Morgan fingerprint density at radius 3 is 2.23 bits per heavy atom. The van der Waals surface area contributed by atoms with Gasteiger partial charge in [-0.05, 0) is 26.0 Å². The molecule has 3 rings (SSSR count). The van der Waals surface area contributed by atoms with Crippen LogP contribution in [0, 0.1) is 5.41 Å². The number of nitrogens with zero attached hydrogens (tertiary/aromatic N) is 2. The zero-order chi connectivity index (χ0) is 15.9. The van der Waals surface area contributed by atoms with E-state index in [0.29, 0.717) is 24.5 Å². The standard InChI is InChI=1S/C15H16N4O3/c1-3-18-13(20)11(14(21)19(4-2)15(18)16)12-17-9-7-5-6-8-10(9)22-12/h5-8,16-17H,3-4H2,1-2H3. The van der Waals surface area contributed by atoms with Crippen LogP contribution in [0.3, 0.4) is 0 Å². The lowest BCUT2D eigenvalue weighted by molar-refractivity contribution is -0.134. The molecule has 7 heteroatoms. The molecule has 2 N–H and O–H groups in total. The lowest BCUT2D eigenvalue weighted by atomic mass is 10.1. The van der Waals surface area contributed by atoms with E-state index < -0.39 is 11.8 Å². The molecular formula is C15H16N4O3. The van der Waals surface area contributed by atoms with Crippen LogP contribution in [-0.4, -0.2) is 40.7 Å². The zero-order valence-electron chi connectivity index (χ0n) is 12.3. The van der Waals surface area contributed by atoms with Gasteiger partial charge in [0.25, 0.3) is 11.8 Å². The minimum Gasteiger partial charge on any atom is -0.438 e. The number of likely N-dealkylation sites (N-methyl/N-ethyl adjacent to an activating group) is 2. The molecule has 0 bridgehead atoms. The highest BCUT2D eigenvalue weighted by molar-refractivity contribution is 6.29. The molecule has 0 aromatic heterocycles. The first-order valence-electron chi connectivity index (χ1n) is 7.08. The molecule has 0 atom stereocenters. The highest BCUT2D eigenvalue weighted by Gasteiger charge is 2.42. The smallest absolute Gasteiger partial charge is 0.271 e. The van der Waals surface area contributed by atoms with Crippen LogP contribution in [0.5, 0.6) is 5.75 Å². The summed E-state index contributed by atoms with van der Waals surface area (Å²) in [6.07, 6.45) is 0. The van der Waals surface area contributed by atoms with Crippen LogP contribution in [0.25, 0.3) is 0 Å². The van der Waals surface area contributed by atoms with Crippen LogP contribution < -0.4 is 10.1 Å². The molecule has 7 nitrogen and oxygen atoms in total. The predicted octanol–water partition coefficient (Wildman–Crippen LogP) is 1.35. The van der Waals surface area contributed by atoms with Crippen molar-refractivity contribution in [2.24, 2.45) is 0 Å². The summed E-state index contributed by atoms with van der Waals surface area (Å²) in [6, 6.07) is 7.20. The monoisotopic (exact) mass is 300 g/mol. The summed E-state index contributed by atoms with van der Waals surface area (Å²) in [5, 5.41) is 10.9. The molecule has 0 saturated carbocycles. The van der Waals surface area contributed by atoms with E-state index in [1.54, 1.807) is 26.0 Å². The second-order valence-corrected chi connectivity index (χ2v) is 4.85. The zero-order valence-corrected chi connectivity index (χ0v) is 12.3. The van der Waals surface area contributed by atoms with Crippen LogP contribution in [0.1, 0.15) is 13.8 Å². The quantitative estimate of drug-likeness (QED) is 0.637. The number of carbonyl (C=O) groups is 2. The van der Waals surface area contributed by atoms with E-state index in [4.69, 9.17) is 10.1 Å². The number of guanidine groups is 1. The first-order chi connectivity index (χ1) is 10.6. The largest absolute Gasteiger partial charge is 0.438 e. The van der Waals surface area contributed by atoms with Gasteiger partial charge in [0.1, 0.15) is 0 Å². The molecule has 1 fully saturated rings. The number of fused-ring (bicyclic) bond motifs is 1. The number of para-hydroxylation sites is 2. The van der Waals surface area contributed by atoms with E-state index in [9.17, 15) is 9.59 Å². The van der Waals surface area contributed by atoms with E-state index in [-0.39, 0.29) is 17.4 Å². The summed E-state index contributed by atoms with van der Waals surface area (Å²) in [5.41, 5.74) is 0.633. The van der Waals surface area contributed by atoms with Crippen molar-refractivity contribution in [2.45, 2.75) is 13.8 Å². The fourth-order valence-corrected chi connectivity index (χ4v) is 2.51. The molecule has 2 heterocycles. The first-order valence-corrected chi connectivity index (χ1v) is 7.08. The average molecular weight is 300 g/mol. The van der Waals surface area contributed by atoms with Crippen LogP contribution in [0.4, 0.5) is 5.69 Å². The number of nitrogens with one attached hydrogen (secondary N) is 2. The van der Waals surface area contributed by atoms with E-state index in [1.165, 1.54) is 9.80 Å². The molecule has 2 amide bonds. The molecule has 1 aromatic rings. The topological polar surface area (TPSA) is 85.7 Å². The fourth-order valence-electron chi connectivity index (χ4n) is 2.51. The Labute approximate surface area is 127 Å². The van der Waals surface area contributed by atoms with Crippen molar-refractivity contribution in [1.82, 2.24) is 9.80 Å². The van der Waals surface area contributed by atoms with E-state index >= 15 is 0 Å². The third kappa shape index (κ3) is 1.93. The van der Waals surface area contributed by atoms with Gasteiger partial charge in [-0.15, -0.1) is 0 Å². The van der Waals surface area contributed by atoms with Crippen molar-refractivity contribution < 1.29 is 14.3 Å². The maximum Gasteiger partial charge on any atom is 0.271 e. The van der Waals surface area contributed by atoms with Crippen LogP contribution in [0.2, 0.25) is 0 Å². The highest BCUT2D eigenvalue weighted by Crippen LogP contribution is 2.35. The molecule has 2 aliphatic heterocycles. The Hall–Kier alpha value is -2.83. The Bertz CT molecular complexity index is 655. The SMILES string of the molecule is CCN1C(=N)N(CC)C(=O)C(=C2Nc3ccccc3O2)C1=O. The molecule has 22 heavy (non-hydrogen) atoms. The summed E-state index contributed by atoms with van der Waals surface area (Å²) in [7, 11) is 0.